The highest BCUT2D eigenvalue weighted by atomic mass is 16.5. The summed E-state index contributed by atoms with van der Waals surface area (Å²) in [5.74, 6) is 2.41. The summed E-state index contributed by atoms with van der Waals surface area (Å²) >= 11 is 0. The van der Waals surface area contributed by atoms with Crippen LogP contribution in [0.15, 0.2) is 59.6 Å². The molecule has 0 bridgehead atoms. The molecule has 1 saturated heterocycles. The first-order valence-corrected chi connectivity index (χ1v) is 10.1. The van der Waals surface area contributed by atoms with Gasteiger partial charge in [0, 0.05) is 25.6 Å². The molecule has 0 saturated carbocycles. The minimum atomic E-state index is 0.550. The lowest BCUT2D eigenvalue weighted by molar-refractivity contribution is 0.0906. The van der Waals surface area contributed by atoms with E-state index in [0.717, 1.165) is 44.4 Å². The smallest absolute Gasteiger partial charge is 0.194 e. The second-order valence-electron chi connectivity index (χ2n) is 7.12. The lowest BCUT2D eigenvalue weighted by Crippen LogP contribution is -2.40. The molecular weight excluding hydrogens is 350 g/mol. The van der Waals surface area contributed by atoms with E-state index in [1.54, 1.807) is 7.11 Å². The predicted molar refractivity (Wildman–Crippen MR) is 114 cm³/mol. The van der Waals surface area contributed by atoms with Crippen LogP contribution in [0.4, 0.5) is 0 Å². The van der Waals surface area contributed by atoms with Gasteiger partial charge < -0.3 is 19.7 Å². The molecule has 1 N–H and O–H groups in total. The van der Waals surface area contributed by atoms with Gasteiger partial charge in [-0.15, -0.1) is 0 Å². The van der Waals surface area contributed by atoms with Gasteiger partial charge in [-0.1, -0.05) is 42.5 Å². The van der Waals surface area contributed by atoms with E-state index in [2.05, 4.69) is 53.5 Å². The standard InChI is InChI=1S/C23H31N3O2/c1-3-24-23(25-15-19-9-11-22(27-2)12-10-19)26-14-13-21(16-26)18-28-17-20-7-5-4-6-8-20/h4-12,21H,3,13-18H2,1-2H3,(H,24,25). The zero-order chi connectivity index (χ0) is 19.6. The maximum absolute atomic E-state index is 5.94. The van der Waals surface area contributed by atoms with Crippen LogP contribution >= 0.6 is 0 Å². The van der Waals surface area contributed by atoms with Gasteiger partial charge in [0.15, 0.2) is 5.96 Å². The summed E-state index contributed by atoms with van der Waals surface area (Å²) in [6.07, 6.45) is 1.14. The molecule has 0 aromatic heterocycles. The number of nitrogens with one attached hydrogen (secondary N) is 1. The Morgan fingerprint density at radius 1 is 1.11 bits per heavy atom. The molecule has 5 nitrogen and oxygen atoms in total. The monoisotopic (exact) mass is 381 g/mol. The van der Waals surface area contributed by atoms with Gasteiger partial charge in [-0.2, -0.15) is 0 Å². The Morgan fingerprint density at radius 3 is 2.61 bits per heavy atom. The van der Waals surface area contributed by atoms with E-state index in [1.165, 1.54) is 11.1 Å². The van der Waals surface area contributed by atoms with E-state index in [1.807, 2.05) is 18.2 Å². The van der Waals surface area contributed by atoms with Crippen molar-refractivity contribution in [3.8, 4) is 5.75 Å². The maximum atomic E-state index is 5.94. The van der Waals surface area contributed by atoms with Crippen molar-refractivity contribution >= 4 is 5.96 Å². The summed E-state index contributed by atoms with van der Waals surface area (Å²) in [6, 6.07) is 18.4. The average Bonchev–Trinajstić information content (AvgIpc) is 3.21. The summed E-state index contributed by atoms with van der Waals surface area (Å²) in [5.41, 5.74) is 2.41. The van der Waals surface area contributed by atoms with E-state index in [4.69, 9.17) is 14.5 Å². The van der Waals surface area contributed by atoms with Gasteiger partial charge in [-0.25, -0.2) is 4.99 Å². The highest BCUT2D eigenvalue weighted by Gasteiger charge is 2.25. The number of benzene rings is 2. The molecule has 150 valence electrons. The molecule has 0 amide bonds. The fourth-order valence-corrected chi connectivity index (χ4v) is 3.40. The number of guanidine groups is 1. The predicted octanol–water partition coefficient (Wildman–Crippen LogP) is 3.70. The normalized spacial score (nSPS) is 17.0. The number of aliphatic imine (C=N–C) groups is 1. The van der Waals surface area contributed by atoms with Crippen molar-refractivity contribution in [2.75, 3.05) is 33.4 Å². The molecule has 1 aliphatic rings. The van der Waals surface area contributed by atoms with Crippen molar-refractivity contribution in [3.05, 3.63) is 65.7 Å². The van der Waals surface area contributed by atoms with Crippen LogP contribution in [0.5, 0.6) is 5.75 Å². The molecule has 1 aliphatic heterocycles. The Kier molecular flexibility index (Phi) is 7.73. The van der Waals surface area contributed by atoms with Gasteiger partial charge in [-0.05, 0) is 36.6 Å². The Balaban J connectivity index is 1.49. The van der Waals surface area contributed by atoms with Crippen LogP contribution in [-0.2, 0) is 17.9 Å². The first kappa shape index (κ1) is 20.2. The van der Waals surface area contributed by atoms with Crippen molar-refractivity contribution in [3.63, 3.8) is 0 Å². The topological polar surface area (TPSA) is 46.1 Å². The van der Waals surface area contributed by atoms with Crippen LogP contribution in [0.1, 0.15) is 24.5 Å². The third-order valence-corrected chi connectivity index (χ3v) is 4.96. The molecule has 1 atom stereocenters. The molecule has 3 rings (SSSR count). The van der Waals surface area contributed by atoms with Gasteiger partial charge in [0.25, 0.3) is 0 Å². The molecule has 1 unspecified atom stereocenters. The van der Waals surface area contributed by atoms with Crippen LogP contribution in [-0.4, -0.2) is 44.2 Å². The molecule has 0 aliphatic carbocycles. The van der Waals surface area contributed by atoms with Gasteiger partial charge in [0.05, 0.1) is 26.9 Å². The van der Waals surface area contributed by atoms with Crippen molar-refractivity contribution in [1.29, 1.82) is 0 Å². The molecule has 0 spiro atoms. The van der Waals surface area contributed by atoms with Crippen molar-refractivity contribution < 1.29 is 9.47 Å². The van der Waals surface area contributed by atoms with Crippen LogP contribution in [0.3, 0.4) is 0 Å². The summed E-state index contributed by atoms with van der Waals surface area (Å²) in [4.78, 5) is 7.18. The van der Waals surface area contributed by atoms with E-state index in [-0.39, 0.29) is 0 Å². The molecule has 0 radical (unpaired) electrons. The summed E-state index contributed by atoms with van der Waals surface area (Å²) in [7, 11) is 1.68. The average molecular weight is 382 g/mol. The lowest BCUT2D eigenvalue weighted by Gasteiger charge is -2.21. The highest BCUT2D eigenvalue weighted by Crippen LogP contribution is 2.18. The molecule has 1 heterocycles. The largest absolute Gasteiger partial charge is 0.497 e. The highest BCUT2D eigenvalue weighted by molar-refractivity contribution is 5.80. The Bertz CT molecular complexity index is 731. The minimum absolute atomic E-state index is 0.550. The second kappa shape index (κ2) is 10.7. The van der Waals surface area contributed by atoms with Crippen molar-refractivity contribution in [2.24, 2.45) is 10.9 Å². The third-order valence-electron chi connectivity index (χ3n) is 4.96. The van der Waals surface area contributed by atoms with E-state index < -0.39 is 0 Å². The second-order valence-corrected chi connectivity index (χ2v) is 7.12. The van der Waals surface area contributed by atoms with E-state index >= 15 is 0 Å². The molecule has 2 aromatic rings. The summed E-state index contributed by atoms with van der Waals surface area (Å²) in [5, 5.41) is 3.43. The van der Waals surface area contributed by atoms with Gasteiger partial charge in [0.1, 0.15) is 5.75 Å². The number of rotatable bonds is 8. The minimum Gasteiger partial charge on any atom is -0.497 e. The number of nitrogens with zero attached hydrogens (tertiary/aromatic N) is 2. The van der Waals surface area contributed by atoms with Gasteiger partial charge in [0.2, 0.25) is 0 Å². The zero-order valence-corrected chi connectivity index (χ0v) is 16.9. The van der Waals surface area contributed by atoms with Gasteiger partial charge >= 0.3 is 0 Å². The first-order chi connectivity index (χ1) is 13.8. The Hall–Kier alpha value is -2.53. The number of hydrogen-bond acceptors (Lipinski definition) is 3. The van der Waals surface area contributed by atoms with Crippen LogP contribution in [0.25, 0.3) is 0 Å². The van der Waals surface area contributed by atoms with E-state index in [9.17, 15) is 0 Å². The van der Waals surface area contributed by atoms with Crippen LogP contribution in [0, 0.1) is 5.92 Å². The van der Waals surface area contributed by atoms with Gasteiger partial charge in [-0.3, -0.25) is 0 Å². The zero-order valence-electron chi connectivity index (χ0n) is 16.9. The summed E-state index contributed by atoms with van der Waals surface area (Å²) < 4.78 is 11.2. The maximum Gasteiger partial charge on any atom is 0.194 e. The Labute approximate surface area is 168 Å². The molecular formula is C23H31N3O2. The van der Waals surface area contributed by atoms with Crippen molar-refractivity contribution in [1.82, 2.24) is 10.2 Å². The summed E-state index contributed by atoms with van der Waals surface area (Å²) in [6.45, 7) is 7.13. The molecule has 2 aromatic carbocycles. The fourth-order valence-electron chi connectivity index (χ4n) is 3.40. The Morgan fingerprint density at radius 2 is 1.89 bits per heavy atom. The molecule has 1 fully saturated rings. The number of ether oxygens (including phenoxy) is 2. The van der Waals surface area contributed by atoms with Crippen molar-refractivity contribution in [2.45, 2.75) is 26.5 Å². The number of likely N-dealkylation sites (tertiary alicyclic amines) is 1. The third kappa shape index (κ3) is 5.99. The molecule has 5 heteroatoms. The fraction of sp³-hybridized carbons (Fsp3) is 0.435. The number of methoxy groups -OCH3 is 1. The van der Waals surface area contributed by atoms with Crippen LogP contribution in [0.2, 0.25) is 0 Å². The SMILES string of the molecule is CCNC(=NCc1ccc(OC)cc1)N1CCC(COCc2ccccc2)C1. The molecule has 28 heavy (non-hydrogen) atoms. The van der Waals surface area contributed by atoms with E-state index in [0.29, 0.717) is 19.1 Å². The first-order valence-electron chi connectivity index (χ1n) is 10.1. The quantitative estimate of drug-likeness (QED) is 0.559. The van der Waals surface area contributed by atoms with Crippen LogP contribution < -0.4 is 10.1 Å². The lowest BCUT2D eigenvalue weighted by atomic mass is 10.1. The number of hydrogen-bond donors (Lipinski definition) is 1.